The second-order valence-electron chi connectivity index (χ2n) is 3.70. The minimum Gasteiger partial charge on any atom is -0.366 e. The molecule has 1 amide bonds. The highest BCUT2D eigenvalue weighted by Gasteiger charge is 2.11. The van der Waals surface area contributed by atoms with Crippen molar-refractivity contribution < 1.29 is 4.79 Å². The predicted octanol–water partition coefficient (Wildman–Crippen LogP) is 2.39. The zero-order valence-corrected chi connectivity index (χ0v) is 9.62. The molecule has 0 aliphatic rings. The number of nitrogens with zero attached hydrogens (tertiary/aromatic N) is 1. The number of H-pyrrole nitrogens is 1. The van der Waals surface area contributed by atoms with E-state index < -0.39 is 5.91 Å². The molecule has 2 aromatic heterocycles. The molecule has 5 heteroatoms. The number of nitrogens with two attached hydrogens (primary N) is 1. The highest BCUT2D eigenvalue weighted by atomic mass is 32.1. The second-order valence-corrected chi connectivity index (χ2v) is 4.62. The van der Waals surface area contributed by atoms with Gasteiger partial charge in [0.2, 0.25) is 5.91 Å². The molecular formula is C12H9N3OS. The normalized spacial score (nSPS) is 10.8. The Kier molecular flexibility index (Phi) is 2.19. The first kappa shape index (κ1) is 10.0. The summed E-state index contributed by atoms with van der Waals surface area (Å²) >= 11 is 1.51. The van der Waals surface area contributed by atoms with Crippen LogP contribution in [0, 0.1) is 0 Å². The van der Waals surface area contributed by atoms with E-state index in [4.69, 9.17) is 5.73 Å². The van der Waals surface area contributed by atoms with Gasteiger partial charge in [-0.1, -0.05) is 6.07 Å². The number of benzene rings is 1. The van der Waals surface area contributed by atoms with Gasteiger partial charge < -0.3 is 5.73 Å². The van der Waals surface area contributed by atoms with Crippen LogP contribution < -0.4 is 5.73 Å². The number of aromatic amines is 1. The molecule has 0 aliphatic heterocycles. The summed E-state index contributed by atoms with van der Waals surface area (Å²) in [5.74, 6) is -0.395. The SMILES string of the molecule is NC(=O)c1ccsc1-c1ccc2[nH]ncc2c1. The van der Waals surface area contributed by atoms with E-state index in [0.717, 1.165) is 21.3 Å². The smallest absolute Gasteiger partial charge is 0.250 e. The van der Waals surface area contributed by atoms with E-state index in [1.54, 1.807) is 12.3 Å². The summed E-state index contributed by atoms with van der Waals surface area (Å²) in [6, 6.07) is 7.65. The van der Waals surface area contributed by atoms with Gasteiger partial charge in [0.1, 0.15) is 0 Å². The first-order chi connectivity index (χ1) is 8.25. The Labute approximate surface area is 101 Å². The summed E-state index contributed by atoms with van der Waals surface area (Å²) in [6.45, 7) is 0. The molecular weight excluding hydrogens is 234 g/mol. The molecule has 0 spiro atoms. The van der Waals surface area contributed by atoms with E-state index >= 15 is 0 Å². The molecule has 0 unspecified atom stereocenters. The lowest BCUT2D eigenvalue weighted by molar-refractivity contribution is 0.100. The molecule has 2 heterocycles. The molecule has 4 nitrogen and oxygen atoms in total. The van der Waals surface area contributed by atoms with Gasteiger partial charge in [0.05, 0.1) is 17.3 Å². The fraction of sp³-hybridized carbons (Fsp3) is 0. The molecule has 3 rings (SSSR count). The maximum Gasteiger partial charge on any atom is 0.250 e. The van der Waals surface area contributed by atoms with Gasteiger partial charge in [-0.05, 0) is 29.1 Å². The first-order valence-electron chi connectivity index (χ1n) is 5.06. The summed E-state index contributed by atoms with van der Waals surface area (Å²) in [5, 5.41) is 9.75. The van der Waals surface area contributed by atoms with Crippen molar-refractivity contribution in [3.63, 3.8) is 0 Å². The molecule has 17 heavy (non-hydrogen) atoms. The van der Waals surface area contributed by atoms with Crippen molar-refractivity contribution in [1.82, 2.24) is 10.2 Å². The quantitative estimate of drug-likeness (QED) is 0.725. The number of carbonyl (C=O) groups excluding carboxylic acids is 1. The number of hydrogen-bond acceptors (Lipinski definition) is 3. The molecule has 0 radical (unpaired) electrons. The van der Waals surface area contributed by atoms with Crippen LogP contribution in [0.4, 0.5) is 0 Å². The third-order valence-corrected chi connectivity index (χ3v) is 3.60. The molecule has 3 N–H and O–H groups in total. The average Bonchev–Trinajstić information content (AvgIpc) is 2.96. The molecule has 0 aliphatic carbocycles. The number of primary amides is 1. The topological polar surface area (TPSA) is 71.8 Å². The third-order valence-electron chi connectivity index (χ3n) is 2.63. The molecule has 1 aromatic carbocycles. The molecule has 84 valence electrons. The lowest BCUT2D eigenvalue weighted by Gasteiger charge is -2.00. The Balaban J connectivity index is 2.19. The Bertz CT molecular complexity index is 698. The Morgan fingerprint density at radius 1 is 1.35 bits per heavy atom. The minimum atomic E-state index is -0.395. The Morgan fingerprint density at radius 3 is 3.06 bits per heavy atom. The van der Waals surface area contributed by atoms with Crippen LogP contribution in [0.5, 0.6) is 0 Å². The van der Waals surface area contributed by atoms with E-state index in [9.17, 15) is 4.79 Å². The fourth-order valence-corrected chi connectivity index (χ4v) is 2.71. The largest absolute Gasteiger partial charge is 0.366 e. The number of carbonyl (C=O) groups is 1. The van der Waals surface area contributed by atoms with Gasteiger partial charge in [-0.3, -0.25) is 9.89 Å². The van der Waals surface area contributed by atoms with Gasteiger partial charge >= 0.3 is 0 Å². The van der Waals surface area contributed by atoms with E-state index in [1.807, 2.05) is 23.6 Å². The highest BCUT2D eigenvalue weighted by molar-refractivity contribution is 7.14. The van der Waals surface area contributed by atoms with Crippen molar-refractivity contribution in [2.75, 3.05) is 0 Å². The molecule has 0 atom stereocenters. The average molecular weight is 243 g/mol. The summed E-state index contributed by atoms with van der Waals surface area (Å²) < 4.78 is 0. The van der Waals surface area contributed by atoms with Gasteiger partial charge in [-0.2, -0.15) is 5.10 Å². The maximum atomic E-state index is 11.3. The lowest BCUT2D eigenvalue weighted by Crippen LogP contribution is -2.10. The van der Waals surface area contributed by atoms with Crippen molar-refractivity contribution >= 4 is 28.1 Å². The summed E-state index contributed by atoms with van der Waals surface area (Å²) in [5.41, 5.74) is 7.87. The van der Waals surface area contributed by atoms with E-state index in [-0.39, 0.29) is 0 Å². The van der Waals surface area contributed by atoms with Crippen LogP contribution in [-0.4, -0.2) is 16.1 Å². The monoisotopic (exact) mass is 243 g/mol. The predicted molar refractivity (Wildman–Crippen MR) is 67.9 cm³/mol. The molecule has 0 saturated carbocycles. The lowest BCUT2D eigenvalue weighted by atomic mass is 10.1. The van der Waals surface area contributed by atoms with Gasteiger partial charge in [0.15, 0.2) is 0 Å². The Hall–Kier alpha value is -2.14. The van der Waals surface area contributed by atoms with Gasteiger partial charge in [0, 0.05) is 10.3 Å². The van der Waals surface area contributed by atoms with Crippen molar-refractivity contribution in [3.05, 3.63) is 41.4 Å². The van der Waals surface area contributed by atoms with Crippen LogP contribution >= 0.6 is 11.3 Å². The summed E-state index contributed by atoms with van der Waals surface area (Å²) in [6.07, 6.45) is 1.76. The number of hydrogen-bond donors (Lipinski definition) is 2. The standard InChI is InChI=1S/C12H9N3OS/c13-12(16)9-3-4-17-11(9)7-1-2-10-8(5-7)6-14-15-10/h1-6H,(H2,13,16)(H,14,15). The molecule has 0 saturated heterocycles. The van der Waals surface area contributed by atoms with Crippen LogP contribution in [-0.2, 0) is 0 Å². The number of amides is 1. The number of aromatic nitrogens is 2. The zero-order valence-electron chi connectivity index (χ0n) is 8.81. The van der Waals surface area contributed by atoms with Gasteiger partial charge in [-0.15, -0.1) is 11.3 Å². The van der Waals surface area contributed by atoms with Crippen molar-refractivity contribution in [1.29, 1.82) is 0 Å². The molecule has 0 fully saturated rings. The van der Waals surface area contributed by atoms with Crippen LogP contribution in [0.15, 0.2) is 35.8 Å². The van der Waals surface area contributed by atoms with Crippen LogP contribution in [0.2, 0.25) is 0 Å². The summed E-state index contributed by atoms with van der Waals surface area (Å²) in [7, 11) is 0. The number of thiophene rings is 1. The zero-order chi connectivity index (χ0) is 11.8. The fourth-order valence-electron chi connectivity index (χ4n) is 1.81. The van der Waals surface area contributed by atoms with Crippen LogP contribution in [0.25, 0.3) is 21.3 Å². The Morgan fingerprint density at radius 2 is 2.24 bits per heavy atom. The second kappa shape index (κ2) is 3.71. The number of fused-ring (bicyclic) bond motifs is 1. The van der Waals surface area contributed by atoms with E-state index in [1.165, 1.54) is 11.3 Å². The maximum absolute atomic E-state index is 11.3. The van der Waals surface area contributed by atoms with E-state index in [2.05, 4.69) is 10.2 Å². The number of rotatable bonds is 2. The van der Waals surface area contributed by atoms with Crippen molar-refractivity contribution in [2.24, 2.45) is 5.73 Å². The van der Waals surface area contributed by atoms with Crippen LogP contribution in [0.3, 0.4) is 0 Å². The molecule has 3 aromatic rings. The molecule has 0 bridgehead atoms. The highest BCUT2D eigenvalue weighted by Crippen LogP contribution is 2.31. The minimum absolute atomic E-state index is 0.395. The summed E-state index contributed by atoms with van der Waals surface area (Å²) in [4.78, 5) is 12.2. The van der Waals surface area contributed by atoms with Crippen molar-refractivity contribution in [3.8, 4) is 10.4 Å². The van der Waals surface area contributed by atoms with Crippen LogP contribution in [0.1, 0.15) is 10.4 Å². The van der Waals surface area contributed by atoms with Gasteiger partial charge in [0.25, 0.3) is 0 Å². The van der Waals surface area contributed by atoms with Crippen molar-refractivity contribution in [2.45, 2.75) is 0 Å². The van der Waals surface area contributed by atoms with E-state index in [0.29, 0.717) is 5.56 Å². The number of nitrogens with one attached hydrogen (secondary N) is 1. The van der Waals surface area contributed by atoms with Gasteiger partial charge in [-0.25, -0.2) is 0 Å². The first-order valence-corrected chi connectivity index (χ1v) is 5.94. The third kappa shape index (κ3) is 1.60.